The number of Topliss-reactive ketones (excluding diaryl/α,β-unsaturated/α-hetero) is 1. The number of para-hydroxylation sites is 1. The number of benzene rings is 2. The highest BCUT2D eigenvalue weighted by atomic mass is 16.2. The van der Waals surface area contributed by atoms with E-state index < -0.39 is 29.7 Å². The van der Waals surface area contributed by atoms with Crippen molar-refractivity contribution in [2.75, 3.05) is 13.1 Å². The second-order valence-electron chi connectivity index (χ2n) is 12.4. The molecule has 5 rings (SSSR count). The van der Waals surface area contributed by atoms with Gasteiger partial charge < -0.3 is 25.8 Å². The summed E-state index contributed by atoms with van der Waals surface area (Å²) in [6.07, 6.45) is 2.23. The van der Waals surface area contributed by atoms with Gasteiger partial charge in [-0.25, -0.2) is 0 Å². The SMILES string of the molecule is CC1(C)CCN(C(=O)c2cc3ccccc3[nH]2)[C@H](C(=O)N[C@@H](CC[C@@H]2CCNC2=O)C(=O)C(=O)NCc2ccccc2)C1. The predicted octanol–water partition coefficient (Wildman–Crippen LogP) is 3.09. The van der Waals surface area contributed by atoms with Gasteiger partial charge in [0.1, 0.15) is 11.7 Å². The van der Waals surface area contributed by atoms with Crippen LogP contribution in [0.3, 0.4) is 0 Å². The number of carbonyl (C=O) groups is 5. The number of ketones is 1. The molecular weight excluding hydrogens is 546 g/mol. The zero-order valence-electron chi connectivity index (χ0n) is 24.7. The van der Waals surface area contributed by atoms with Gasteiger partial charge in [0, 0.05) is 36.5 Å². The lowest BCUT2D eigenvalue weighted by Gasteiger charge is -2.42. The van der Waals surface area contributed by atoms with Crippen molar-refractivity contribution >= 4 is 40.3 Å². The van der Waals surface area contributed by atoms with Gasteiger partial charge in [0.2, 0.25) is 17.6 Å². The summed E-state index contributed by atoms with van der Waals surface area (Å²) in [5, 5.41) is 9.16. The molecule has 0 radical (unpaired) electrons. The first-order chi connectivity index (χ1) is 20.6. The molecule has 4 amide bonds. The molecule has 43 heavy (non-hydrogen) atoms. The molecule has 0 bridgehead atoms. The van der Waals surface area contributed by atoms with Crippen LogP contribution in [0.5, 0.6) is 0 Å². The number of aromatic nitrogens is 1. The minimum atomic E-state index is -1.13. The number of H-pyrrole nitrogens is 1. The molecule has 2 fully saturated rings. The summed E-state index contributed by atoms with van der Waals surface area (Å²) in [5.41, 5.74) is 1.84. The number of nitrogens with zero attached hydrogens (tertiary/aromatic N) is 1. The van der Waals surface area contributed by atoms with Gasteiger partial charge in [0.15, 0.2) is 0 Å². The minimum absolute atomic E-state index is 0.0878. The number of rotatable bonds is 10. The molecule has 226 valence electrons. The Balaban J connectivity index is 1.33. The Kier molecular flexibility index (Phi) is 8.94. The van der Waals surface area contributed by atoms with Gasteiger partial charge >= 0.3 is 0 Å². The third kappa shape index (κ3) is 7.13. The van der Waals surface area contributed by atoms with E-state index in [0.717, 1.165) is 16.5 Å². The van der Waals surface area contributed by atoms with E-state index in [0.29, 0.717) is 44.5 Å². The van der Waals surface area contributed by atoms with Crippen molar-refractivity contribution in [1.82, 2.24) is 25.8 Å². The van der Waals surface area contributed by atoms with E-state index >= 15 is 0 Å². The number of amides is 4. The lowest BCUT2D eigenvalue weighted by atomic mass is 9.78. The molecule has 10 nitrogen and oxygen atoms in total. The molecule has 1 aromatic heterocycles. The van der Waals surface area contributed by atoms with Gasteiger partial charge in [-0.15, -0.1) is 0 Å². The van der Waals surface area contributed by atoms with Gasteiger partial charge in [0.25, 0.3) is 11.8 Å². The average molecular weight is 586 g/mol. The Morgan fingerprint density at radius 2 is 1.79 bits per heavy atom. The maximum atomic E-state index is 13.9. The van der Waals surface area contributed by atoms with Crippen LogP contribution in [0.15, 0.2) is 60.7 Å². The van der Waals surface area contributed by atoms with E-state index in [1.807, 2.05) is 54.6 Å². The number of carbonyl (C=O) groups excluding carboxylic acids is 5. The van der Waals surface area contributed by atoms with E-state index in [-0.39, 0.29) is 36.1 Å². The molecule has 2 saturated heterocycles. The van der Waals surface area contributed by atoms with E-state index in [1.165, 1.54) is 0 Å². The molecule has 3 aromatic rings. The lowest BCUT2D eigenvalue weighted by molar-refractivity contribution is -0.141. The first kappa shape index (κ1) is 30.0. The third-order valence-electron chi connectivity index (χ3n) is 8.59. The third-order valence-corrected chi connectivity index (χ3v) is 8.59. The average Bonchev–Trinajstić information content (AvgIpc) is 3.63. The summed E-state index contributed by atoms with van der Waals surface area (Å²) < 4.78 is 0. The van der Waals surface area contributed by atoms with Gasteiger partial charge in [0.05, 0.1) is 6.04 Å². The van der Waals surface area contributed by atoms with E-state index in [4.69, 9.17) is 0 Å². The van der Waals surface area contributed by atoms with Crippen LogP contribution < -0.4 is 16.0 Å². The molecule has 3 heterocycles. The smallest absolute Gasteiger partial charge is 0.289 e. The van der Waals surface area contributed by atoms with Crippen LogP contribution in [-0.2, 0) is 25.7 Å². The molecule has 0 saturated carbocycles. The topological polar surface area (TPSA) is 140 Å². The molecule has 4 N–H and O–H groups in total. The summed E-state index contributed by atoms with van der Waals surface area (Å²) >= 11 is 0. The largest absolute Gasteiger partial charge is 0.356 e. The summed E-state index contributed by atoms with van der Waals surface area (Å²) in [4.78, 5) is 70.9. The Morgan fingerprint density at radius 1 is 1.05 bits per heavy atom. The van der Waals surface area contributed by atoms with Crippen LogP contribution in [0.1, 0.15) is 62.0 Å². The quantitative estimate of drug-likeness (QED) is 0.271. The molecule has 0 aliphatic carbocycles. The second kappa shape index (κ2) is 12.8. The summed E-state index contributed by atoms with van der Waals surface area (Å²) in [7, 11) is 0. The van der Waals surface area contributed by atoms with Crippen molar-refractivity contribution in [1.29, 1.82) is 0 Å². The normalized spacial score (nSPS) is 20.3. The van der Waals surface area contributed by atoms with E-state index in [2.05, 4.69) is 34.8 Å². The van der Waals surface area contributed by atoms with Crippen molar-refractivity contribution in [2.24, 2.45) is 11.3 Å². The Labute approximate surface area is 251 Å². The van der Waals surface area contributed by atoms with Gasteiger partial charge in [-0.2, -0.15) is 0 Å². The van der Waals surface area contributed by atoms with Crippen molar-refractivity contribution in [3.63, 3.8) is 0 Å². The Morgan fingerprint density at radius 3 is 2.51 bits per heavy atom. The minimum Gasteiger partial charge on any atom is -0.356 e. The molecule has 2 aliphatic rings. The van der Waals surface area contributed by atoms with Gasteiger partial charge in [-0.05, 0) is 55.2 Å². The number of nitrogens with one attached hydrogen (secondary N) is 4. The van der Waals surface area contributed by atoms with Crippen LogP contribution in [0.4, 0.5) is 0 Å². The number of aromatic amines is 1. The second-order valence-corrected chi connectivity index (χ2v) is 12.4. The number of likely N-dealkylation sites (tertiary alicyclic amines) is 1. The van der Waals surface area contributed by atoms with Crippen molar-refractivity contribution in [3.05, 3.63) is 71.9 Å². The first-order valence-corrected chi connectivity index (χ1v) is 14.9. The molecule has 2 aliphatic heterocycles. The highest BCUT2D eigenvalue weighted by Gasteiger charge is 2.42. The maximum Gasteiger partial charge on any atom is 0.289 e. The fraction of sp³-hybridized carbons (Fsp3) is 0.424. The van der Waals surface area contributed by atoms with Crippen molar-refractivity contribution in [3.8, 4) is 0 Å². The van der Waals surface area contributed by atoms with Crippen LogP contribution in [0, 0.1) is 11.3 Å². The highest BCUT2D eigenvalue weighted by molar-refractivity contribution is 6.38. The van der Waals surface area contributed by atoms with E-state index in [9.17, 15) is 24.0 Å². The van der Waals surface area contributed by atoms with E-state index in [1.54, 1.807) is 11.0 Å². The number of piperidine rings is 1. The predicted molar refractivity (Wildman–Crippen MR) is 162 cm³/mol. The fourth-order valence-corrected chi connectivity index (χ4v) is 5.98. The van der Waals surface area contributed by atoms with Crippen LogP contribution in [-0.4, -0.2) is 64.5 Å². The summed E-state index contributed by atoms with van der Waals surface area (Å²) in [5.74, 6) is -2.73. The highest BCUT2D eigenvalue weighted by Crippen LogP contribution is 2.35. The molecule has 0 unspecified atom stereocenters. The zero-order chi connectivity index (χ0) is 30.6. The fourth-order valence-electron chi connectivity index (χ4n) is 5.98. The van der Waals surface area contributed by atoms with Crippen molar-refractivity contribution in [2.45, 2.75) is 64.6 Å². The Hall–Kier alpha value is -4.47. The standard InChI is InChI=1S/C33H39N5O5/c1-33(2)15-17-38(32(43)26-18-23-10-6-7-11-24(23)36-26)27(19-33)30(41)37-25(13-12-22-14-16-34-29(22)40)28(39)31(42)35-20-21-8-4-3-5-9-21/h3-11,18,22,25,27,36H,12-17,19-20H2,1-2H3,(H,34,40)(H,35,42)(H,37,41)/t22-,25+,27+/m1/s1. The lowest BCUT2D eigenvalue weighted by Crippen LogP contribution is -2.58. The van der Waals surface area contributed by atoms with Crippen LogP contribution in [0.25, 0.3) is 10.9 Å². The summed E-state index contributed by atoms with van der Waals surface area (Å²) in [6.45, 7) is 5.21. The maximum absolute atomic E-state index is 13.9. The van der Waals surface area contributed by atoms with Crippen LogP contribution >= 0.6 is 0 Å². The van der Waals surface area contributed by atoms with Gasteiger partial charge in [-0.3, -0.25) is 24.0 Å². The number of fused-ring (bicyclic) bond motifs is 1. The number of hydrogen-bond acceptors (Lipinski definition) is 5. The van der Waals surface area contributed by atoms with Gasteiger partial charge in [-0.1, -0.05) is 62.4 Å². The molecule has 3 atom stereocenters. The molecule has 10 heteroatoms. The molecule has 0 spiro atoms. The first-order valence-electron chi connectivity index (χ1n) is 14.9. The molecule has 2 aromatic carbocycles. The zero-order valence-corrected chi connectivity index (χ0v) is 24.7. The number of hydrogen-bond donors (Lipinski definition) is 4. The monoisotopic (exact) mass is 585 g/mol. The summed E-state index contributed by atoms with van der Waals surface area (Å²) in [6, 6.07) is 16.6. The van der Waals surface area contributed by atoms with Crippen molar-refractivity contribution < 1.29 is 24.0 Å². The molecular formula is C33H39N5O5. The Bertz CT molecular complexity index is 1480. The van der Waals surface area contributed by atoms with Crippen LogP contribution in [0.2, 0.25) is 0 Å².